The van der Waals surface area contributed by atoms with Crippen LogP contribution in [0.3, 0.4) is 0 Å². The summed E-state index contributed by atoms with van der Waals surface area (Å²) in [6.07, 6.45) is 6.79. The third-order valence-electron chi connectivity index (χ3n) is 9.85. The van der Waals surface area contributed by atoms with Gasteiger partial charge in [0.15, 0.2) is 0 Å². The summed E-state index contributed by atoms with van der Waals surface area (Å²) in [5.41, 5.74) is 10.8. The predicted molar refractivity (Wildman–Crippen MR) is 252 cm³/mol. The fourth-order valence-electron chi connectivity index (χ4n) is 6.06. The zero-order chi connectivity index (χ0) is 50.5. The van der Waals surface area contributed by atoms with Gasteiger partial charge in [-0.1, -0.05) is 6.92 Å². The molecule has 0 aliphatic carbocycles. The number of nitrogens with two attached hydrogens (primary N) is 2. The van der Waals surface area contributed by atoms with E-state index in [1.165, 1.54) is 0 Å². The highest BCUT2D eigenvalue weighted by Gasteiger charge is 2.23. The third-order valence-corrected chi connectivity index (χ3v) is 9.85. The molecule has 394 valence electrons. The van der Waals surface area contributed by atoms with Crippen LogP contribution in [0.2, 0.25) is 0 Å². The third kappa shape index (κ3) is 39.4. The topological polar surface area (TPSA) is 340 Å². The van der Waals surface area contributed by atoms with Crippen molar-refractivity contribution in [3.8, 4) is 0 Å². The van der Waals surface area contributed by atoms with Gasteiger partial charge in [-0.25, -0.2) is 0 Å². The molecule has 0 aromatic carbocycles. The standard InChI is InChI=1S/C44H84N10O14/c1-4-22-63-25-28-66-33-41(59)53-21-24-65-27-30-68-32-40(58)51-19-9-6-13-35(43(46)61)54-44(62)36(48-3)14-7-10-17-49-37(55)15-11-16-38(56)52-20-23-64-26-29-67-31-39(57)50-18-8-5-12-34(47-2)42(45)60/h34-36,47-48H,4-33H2,1-3H3,(H2,45,60)(H2,46,61)(H,49,55)(H,50,57)(H,51,58)(H,52,56)(H,53,59)(H,54,62)/t34-,35-,36-/m0/s1. The Morgan fingerprint density at radius 1 is 0.397 bits per heavy atom. The maximum Gasteiger partial charge on any atom is 0.246 e. The number of nitrogens with one attached hydrogen (secondary N) is 8. The smallest absolute Gasteiger partial charge is 0.246 e. The Kier molecular flexibility index (Phi) is 41.9. The van der Waals surface area contributed by atoms with E-state index in [0.717, 1.165) is 12.8 Å². The number of hydrogen-bond donors (Lipinski definition) is 10. The van der Waals surface area contributed by atoms with Gasteiger partial charge in [0, 0.05) is 52.2 Å². The summed E-state index contributed by atoms with van der Waals surface area (Å²) in [5, 5.41) is 22.2. The van der Waals surface area contributed by atoms with E-state index in [0.29, 0.717) is 110 Å². The maximum atomic E-state index is 12.9. The molecule has 0 bridgehead atoms. The Labute approximate surface area is 401 Å². The Bertz CT molecular complexity index is 1400. The highest BCUT2D eigenvalue weighted by molar-refractivity contribution is 5.89. The molecule has 0 heterocycles. The Morgan fingerprint density at radius 2 is 0.750 bits per heavy atom. The zero-order valence-electron chi connectivity index (χ0n) is 40.8. The van der Waals surface area contributed by atoms with Gasteiger partial charge in [0.2, 0.25) is 47.3 Å². The van der Waals surface area contributed by atoms with Crippen molar-refractivity contribution >= 4 is 47.3 Å². The molecule has 24 heteroatoms. The van der Waals surface area contributed by atoms with Gasteiger partial charge >= 0.3 is 0 Å². The molecule has 0 saturated heterocycles. The number of ether oxygens (including phenoxy) is 6. The Balaban J connectivity index is 3.90. The number of unbranched alkanes of at least 4 members (excludes halogenated alkanes) is 3. The zero-order valence-corrected chi connectivity index (χ0v) is 40.8. The minimum atomic E-state index is -0.875. The second kappa shape index (κ2) is 44.9. The molecule has 0 radical (unpaired) electrons. The number of rotatable bonds is 48. The van der Waals surface area contributed by atoms with Crippen molar-refractivity contribution in [1.82, 2.24) is 42.5 Å². The number of hydrogen-bond acceptors (Lipinski definition) is 16. The van der Waals surface area contributed by atoms with Crippen LogP contribution < -0.4 is 54.0 Å². The molecule has 12 N–H and O–H groups in total. The number of carbonyl (C=O) groups excluding carboxylic acids is 8. The molecule has 8 amide bonds. The van der Waals surface area contributed by atoms with Crippen LogP contribution in [-0.4, -0.2) is 191 Å². The van der Waals surface area contributed by atoms with E-state index in [-0.39, 0.29) is 114 Å². The van der Waals surface area contributed by atoms with Crippen LogP contribution in [0.15, 0.2) is 0 Å². The van der Waals surface area contributed by atoms with Gasteiger partial charge in [-0.2, -0.15) is 0 Å². The molecular formula is C44H84N10O14. The second-order valence-electron chi connectivity index (χ2n) is 15.6. The van der Waals surface area contributed by atoms with Crippen molar-refractivity contribution in [1.29, 1.82) is 0 Å². The summed E-state index contributed by atoms with van der Waals surface area (Å²) >= 11 is 0. The van der Waals surface area contributed by atoms with E-state index in [4.69, 9.17) is 39.9 Å². The first-order chi connectivity index (χ1) is 32.8. The van der Waals surface area contributed by atoms with E-state index in [1.54, 1.807) is 14.1 Å². The van der Waals surface area contributed by atoms with Gasteiger partial charge < -0.3 is 82.4 Å². The number of carbonyl (C=O) groups is 8. The first-order valence-corrected chi connectivity index (χ1v) is 23.9. The first kappa shape index (κ1) is 63.4. The van der Waals surface area contributed by atoms with Gasteiger partial charge in [0.05, 0.1) is 64.9 Å². The van der Waals surface area contributed by atoms with Crippen LogP contribution in [0.5, 0.6) is 0 Å². The molecule has 68 heavy (non-hydrogen) atoms. The van der Waals surface area contributed by atoms with Gasteiger partial charge in [-0.05, 0) is 84.7 Å². The van der Waals surface area contributed by atoms with Crippen molar-refractivity contribution < 1.29 is 66.8 Å². The molecule has 0 rings (SSSR count). The number of amides is 8. The van der Waals surface area contributed by atoms with Crippen molar-refractivity contribution in [3.63, 3.8) is 0 Å². The lowest BCUT2D eigenvalue weighted by Crippen LogP contribution is -2.51. The fraction of sp³-hybridized carbons (Fsp3) is 0.818. The predicted octanol–water partition coefficient (Wildman–Crippen LogP) is -2.61. The monoisotopic (exact) mass is 977 g/mol. The maximum absolute atomic E-state index is 12.9. The van der Waals surface area contributed by atoms with Crippen LogP contribution in [0, 0.1) is 0 Å². The Morgan fingerprint density at radius 3 is 1.16 bits per heavy atom. The van der Waals surface area contributed by atoms with Crippen LogP contribution in [0.4, 0.5) is 0 Å². The molecule has 0 aliphatic heterocycles. The molecule has 0 aliphatic rings. The van der Waals surface area contributed by atoms with Crippen LogP contribution >= 0.6 is 0 Å². The van der Waals surface area contributed by atoms with Gasteiger partial charge in [0.25, 0.3) is 0 Å². The summed E-state index contributed by atoms with van der Waals surface area (Å²) < 4.78 is 31.9. The lowest BCUT2D eigenvalue weighted by atomic mass is 10.1. The quantitative estimate of drug-likeness (QED) is 0.0279. The molecular weight excluding hydrogens is 893 g/mol. The molecule has 0 spiro atoms. The summed E-state index contributed by atoms with van der Waals surface area (Å²) in [5.74, 6) is -2.60. The summed E-state index contributed by atoms with van der Waals surface area (Å²) in [7, 11) is 3.32. The summed E-state index contributed by atoms with van der Waals surface area (Å²) in [6.45, 7) is 6.49. The Hall–Kier alpha value is -4.56. The van der Waals surface area contributed by atoms with E-state index in [9.17, 15) is 38.4 Å². The SMILES string of the molecule is CCCOCCOCC(=O)NCCOCCOCC(=O)NCCCC[C@H](NC(=O)[C@H](CCCCNC(=O)CCCC(=O)NCCOCCOCC(=O)NCCCC[C@H](NC)C(N)=O)NC)C(N)=O. The van der Waals surface area contributed by atoms with Gasteiger partial charge in [-0.3, -0.25) is 38.4 Å². The molecule has 0 aromatic rings. The first-order valence-electron chi connectivity index (χ1n) is 23.9. The minimum absolute atomic E-state index is 0.0488. The van der Waals surface area contributed by atoms with Crippen molar-refractivity contribution in [3.05, 3.63) is 0 Å². The number of primary amides is 2. The second-order valence-corrected chi connectivity index (χ2v) is 15.6. The van der Waals surface area contributed by atoms with Gasteiger partial charge in [-0.15, -0.1) is 0 Å². The molecule has 3 atom stereocenters. The highest BCUT2D eigenvalue weighted by atomic mass is 16.5. The minimum Gasteiger partial charge on any atom is -0.379 e. The van der Waals surface area contributed by atoms with Crippen LogP contribution in [0.1, 0.15) is 90.4 Å². The summed E-state index contributed by atoms with van der Waals surface area (Å²) in [4.78, 5) is 96.2. The van der Waals surface area contributed by atoms with E-state index in [2.05, 4.69) is 42.5 Å². The lowest BCUT2D eigenvalue weighted by molar-refractivity contribution is -0.128. The van der Waals surface area contributed by atoms with E-state index < -0.39 is 23.9 Å². The van der Waals surface area contributed by atoms with Crippen LogP contribution in [0.25, 0.3) is 0 Å². The lowest BCUT2D eigenvalue weighted by Gasteiger charge is -2.21. The van der Waals surface area contributed by atoms with Crippen molar-refractivity contribution in [2.24, 2.45) is 11.5 Å². The fourth-order valence-corrected chi connectivity index (χ4v) is 6.06. The molecule has 0 aromatic heterocycles. The molecule has 0 fully saturated rings. The molecule has 24 nitrogen and oxygen atoms in total. The van der Waals surface area contributed by atoms with Crippen molar-refractivity contribution in [2.45, 2.75) is 109 Å². The molecule has 0 unspecified atom stereocenters. The summed E-state index contributed by atoms with van der Waals surface area (Å²) in [6, 6.07) is -1.83. The normalized spacial score (nSPS) is 12.3. The molecule has 0 saturated carbocycles. The van der Waals surface area contributed by atoms with E-state index >= 15 is 0 Å². The average molecular weight is 977 g/mol. The van der Waals surface area contributed by atoms with Crippen LogP contribution in [-0.2, 0) is 66.8 Å². The van der Waals surface area contributed by atoms with E-state index in [1.807, 2.05) is 6.92 Å². The highest BCUT2D eigenvalue weighted by Crippen LogP contribution is 2.05. The van der Waals surface area contributed by atoms with Gasteiger partial charge in [0.1, 0.15) is 25.9 Å². The largest absolute Gasteiger partial charge is 0.379 e. The van der Waals surface area contributed by atoms with Crippen molar-refractivity contribution in [2.75, 3.05) is 126 Å². The average Bonchev–Trinajstić information content (AvgIpc) is 3.30. The number of likely N-dealkylation sites (N-methyl/N-ethyl adjacent to an activating group) is 2.